The van der Waals surface area contributed by atoms with Gasteiger partial charge in [0.05, 0.1) is 13.3 Å². The van der Waals surface area contributed by atoms with Crippen molar-refractivity contribution in [2.45, 2.75) is 26.3 Å². The Bertz CT molecular complexity index is 451. The topological polar surface area (TPSA) is 75.5 Å². The van der Waals surface area contributed by atoms with Crippen molar-refractivity contribution >= 4 is 23.4 Å². The second-order valence-electron chi connectivity index (χ2n) is 4.14. The number of aromatic nitrogens is 2. The number of hydrogen-bond acceptors (Lipinski definition) is 5. The van der Waals surface area contributed by atoms with E-state index in [1.165, 1.54) is 13.3 Å². The molecular weight excluding hydrogens is 258 g/mol. The van der Waals surface area contributed by atoms with E-state index < -0.39 is 11.5 Å². The van der Waals surface area contributed by atoms with Crippen LogP contribution < -0.4 is 9.64 Å². The predicted octanol–water partition coefficient (Wildman–Crippen LogP) is 1.83. The summed E-state index contributed by atoms with van der Waals surface area (Å²) >= 11 is 6.02. The van der Waals surface area contributed by atoms with E-state index in [4.69, 9.17) is 16.3 Å². The molecule has 0 aromatic carbocycles. The molecule has 0 fully saturated rings. The van der Waals surface area contributed by atoms with Gasteiger partial charge in [0, 0.05) is 6.54 Å². The Kier molecular flexibility index (Phi) is 4.34. The molecule has 0 saturated carbocycles. The molecule has 0 radical (unpaired) electrons. The minimum Gasteiger partial charge on any atom is -0.480 e. The van der Waals surface area contributed by atoms with Crippen molar-refractivity contribution in [1.29, 1.82) is 0 Å². The molecular formula is C11H16ClN3O3. The van der Waals surface area contributed by atoms with E-state index >= 15 is 0 Å². The maximum absolute atomic E-state index is 11.3. The number of nitrogens with zero attached hydrogens (tertiary/aromatic N) is 3. The molecule has 1 heterocycles. The van der Waals surface area contributed by atoms with E-state index in [-0.39, 0.29) is 11.0 Å². The Morgan fingerprint density at radius 1 is 1.61 bits per heavy atom. The third-order valence-corrected chi connectivity index (χ3v) is 2.92. The molecule has 0 aliphatic carbocycles. The molecule has 1 aromatic heterocycles. The normalized spacial score (nSPS) is 11.2. The number of aliphatic carboxylic acids is 1. The lowest BCUT2D eigenvalue weighted by atomic mass is 10.0. The molecule has 0 amide bonds. The minimum absolute atomic E-state index is 0.147. The summed E-state index contributed by atoms with van der Waals surface area (Å²) in [5, 5.41) is 9.55. The SMILES string of the molecule is CCN(c1nc(OC)ncc1Cl)C(C)(C)C(=O)O. The maximum Gasteiger partial charge on any atom is 0.328 e. The van der Waals surface area contributed by atoms with Gasteiger partial charge >= 0.3 is 12.0 Å². The number of carboxylic acid groups (broad SMARTS) is 1. The monoisotopic (exact) mass is 273 g/mol. The van der Waals surface area contributed by atoms with Gasteiger partial charge in [-0.1, -0.05) is 11.6 Å². The number of ether oxygens (including phenoxy) is 1. The van der Waals surface area contributed by atoms with Gasteiger partial charge in [-0.15, -0.1) is 0 Å². The van der Waals surface area contributed by atoms with Crippen LogP contribution in [0.4, 0.5) is 5.82 Å². The molecule has 0 spiro atoms. The van der Waals surface area contributed by atoms with Crippen LogP contribution in [0.2, 0.25) is 5.02 Å². The van der Waals surface area contributed by atoms with Crippen molar-refractivity contribution in [3.05, 3.63) is 11.2 Å². The van der Waals surface area contributed by atoms with Crippen LogP contribution in [0.1, 0.15) is 20.8 Å². The summed E-state index contributed by atoms with van der Waals surface area (Å²) in [4.78, 5) is 20.9. The van der Waals surface area contributed by atoms with Crippen molar-refractivity contribution in [3.63, 3.8) is 0 Å². The van der Waals surface area contributed by atoms with Crippen molar-refractivity contribution in [2.24, 2.45) is 0 Å². The molecule has 0 aliphatic heterocycles. The van der Waals surface area contributed by atoms with Gasteiger partial charge in [-0.2, -0.15) is 4.98 Å². The Labute approximate surface area is 111 Å². The molecule has 0 atom stereocenters. The van der Waals surface area contributed by atoms with Crippen molar-refractivity contribution in [2.75, 3.05) is 18.6 Å². The molecule has 1 rings (SSSR count). The van der Waals surface area contributed by atoms with E-state index in [2.05, 4.69) is 9.97 Å². The quantitative estimate of drug-likeness (QED) is 0.882. The Morgan fingerprint density at radius 3 is 2.67 bits per heavy atom. The third kappa shape index (κ3) is 2.64. The lowest BCUT2D eigenvalue weighted by Gasteiger charge is -2.35. The molecule has 0 unspecified atom stereocenters. The first kappa shape index (κ1) is 14.5. The lowest BCUT2D eigenvalue weighted by molar-refractivity contribution is -0.142. The second-order valence-corrected chi connectivity index (χ2v) is 4.54. The zero-order valence-electron chi connectivity index (χ0n) is 10.8. The van der Waals surface area contributed by atoms with Crippen LogP contribution in [-0.2, 0) is 4.79 Å². The maximum atomic E-state index is 11.3. The molecule has 1 N–H and O–H groups in total. The molecule has 18 heavy (non-hydrogen) atoms. The van der Waals surface area contributed by atoms with Gasteiger partial charge in [-0.05, 0) is 20.8 Å². The van der Waals surface area contributed by atoms with Crippen LogP contribution in [0.25, 0.3) is 0 Å². The predicted molar refractivity (Wildman–Crippen MR) is 68.3 cm³/mol. The molecule has 6 nitrogen and oxygen atoms in total. The molecule has 1 aromatic rings. The van der Waals surface area contributed by atoms with Crippen LogP contribution in [0.15, 0.2) is 6.20 Å². The van der Waals surface area contributed by atoms with Gasteiger partial charge in [0.1, 0.15) is 10.6 Å². The molecule has 100 valence electrons. The first-order chi connectivity index (χ1) is 8.34. The third-order valence-electron chi connectivity index (χ3n) is 2.66. The van der Waals surface area contributed by atoms with Gasteiger partial charge in [0.25, 0.3) is 0 Å². The summed E-state index contributed by atoms with van der Waals surface area (Å²) < 4.78 is 4.92. The fraction of sp³-hybridized carbons (Fsp3) is 0.545. The van der Waals surface area contributed by atoms with Gasteiger partial charge in [-0.3, -0.25) is 0 Å². The Hall–Kier alpha value is -1.56. The van der Waals surface area contributed by atoms with E-state index in [0.29, 0.717) is 12.4 Å². The zero-order chi connectivity index (χ0) is 13.9. The van der Waals surface area contributed by atoms with E-state index in [1.807, 2.05) is 6.92 Å². The Morgan fingerprint density at radius 2 is 2.22 bits per heavy atom. The molecule has 0 saturated heterocycles. The summed E-state index contributed by atoms with van der Waals surface area (Å²) in [7, 11) is 1.44. The summed E-state index contributed by atoms with van der Waals surface area (Å²) in [6, 6.07) is 0.147. The number of carbonyl (C=O) groups is 1. The highest BCUT2D eigenvalue weighted by Crippen LogP contribution is 2.29. The highest BCUT2D eigenvalue weighted by Gasteiger charge is 2.35. The Balaban J connectivity index is 3.28. The molecule has 0 bridgehead atoms. The number of anilines is 1. The lowest BCUT2D eigenvalue weighted by Crippen LogP contribution is -2.50. The fourth-order valence-corrected chi connectivity index (χ4v) is 1.75. The van der Waals surface area contributed by atoms with Crippen LogP contribution in [0.5, 0.6) is 6.01 Å². The van der Waals surface area contributed by atoms with E-state index in [1.54, 1.807) is 18.7 Å². The number of rotatable bonds is 5. The summed E-state index contributed by atoms with van der Waals surface area (Å²) in [5.74, 6) is -0.614. The first-order valence-electron chi connectivity index (χ1n) is 5.42. The van der Waals surface area contributed by atoms with E-state index in [9.17, 15) is 9.90 Å². The number of likely N-dealkylation sites (N-methyl/N-ethyl adjacent to an activating group) is 1. The second kappa shape index (κ2) is 5.39. The largest absolute Gasteiger partial charge is 0.480 e. The number of methoxy groups -OCH3 is 1. The van der Waals surface area contributed by atoms with Gasteiger partial charge in [-0.25, -0.2) is 9.78 Å². The van der Waals surface area contributed by atoms with Crippen molar-refractivity contribution in [3.8, 4) is 6.01 Å². The summed E-state index contributed by atoms with van der Waals surface area (Å²) in [6.45, 7) is 5.45. The van der Waals surface area contributed by atoms with Gasteiger partial charge in [0.2, 0.25) is 0 Å². The highest BCUT2D eigenvalue weighted by atomic mass is 35.5. The number of halogens is 1. The summed E-state index contributed by atoms with van der Waals surface area (Å²) in [6.07, 6.45) is 1.39. The van der Waals surface area contributed by atoms with Crippen LogP contribution >= 0.6 is 11.6 Å². The summed E-state index contributed by atoms with van der Waals surface area (Å²) in [5.41, 5.74) is -1.13. The highest BCUT2D eigenvalue weighted by molar-refractivity contribution is 6.32. The zero-order valence-corrected chi connectivity index (χ0v) is 11.5. The van der Waals surface area contributed by atoms with Gasteiger partial charge in [0.15, 0.2) is 5.82 Å². The fourth-order valence-electron chi connectivity index (χ4n) is 1.56. The van der Waals surface area contributed by atoms with Gasteiger partial charge < -0.3 is 14.7 Å². The first-order valence-corrected chi connectivity index (χ1v) is 5.80. The van der Waals surface area contributed by atoms with Crippen molar-refractivity contribution in [1.82, 2.24) is 9.97 Å². The number of hydrogen-bond donors (Lipinski definition) is 1. The van der Waals surface area contributed by atoms with Crippen LogP contribution in [0.3, 0.4) is 0 Å². The number of carboxylic acids is 1. The van der Waals surface area contributed by atoms with Crippen LogP contribution in [0, 0.1) is 0 Å². The minimum atomic E-state index is -1.13. The molecule has 0 aliphatic rings. The smallest absolute Gasteiger partial charge is 0.328 e. The van der Waals surface area contributed by atoms with Crippen molar-refractivity contribution < 1.29 is 14.6 Å². The molecule has 7 heteroatoms. The standard InChI is InChI=1S/C11H16ClN3O3/c1-5-15(11(2,3)9(16)17)8-7(12)6-13-10(14-8)18-4/h6H,5H2,1-4H3,(H,16,17). The van der Waals surface area contributed by atoms with E-state index in [0.717, 1.165) is 0 Å². The average Bonchev–Trinajstić information content (AvgIpc) is 2.32. The van der Waals surface area contributed by atoms with Crippen LogP contribution in [-0.4, -0.2) is 40.2 Å². The average molecular weight is 274 g/mol.